The van der Waals surface area contributed by atoms with Crippen LogP contribution in [0, 0.1) is 24.5 Å². The van der Waals surface area contributed by atoms with Gasteiger partial charge in [0.25, 0.3) is 5.91 Å². The molecule has 4 aromatic rings. The molecule has 6 nitrogen and oxygen atoms in total. The zero-order chi connectivity index (χ0) is 32.0. The third kappa shape index (κ3) is 7.99. The van der Waals surface area contributed by atoms with Crippen LogP contribution in [-0.4, -0.2) is 32.8 Å². The van der Waals surface area contributed by atoms with Crippen LogP contribution in [0.1, 0.15) is 73.4 Å². The molecule has 0 radical (unpaired) electrons. The first-order valence-corrected chi connectivity index (χ1v) is 15.0. The summed E-state index contributed by atoms with van der Waals surface area (Å²) in [5.41, 5.74) is 5.82. The lowest BCUT2D eigenvalue weighted by Crippen LogP contribution is -2.27. The van der Waals surface area contributed by atoms with E-state index in [9.17, 15) is 23.5 Å². The molecule has 0 aliphatic rings. The van der Waals surface area contributed by atoms with Crippen molar-refractivity contribution in [2.24, 2.45) is 5.92 Å². The van der Waals surface area contributed by atoms with Crippen molar-refractivity contribution >= 4 is 11.9 Å². The van der Waals surface area contributed by atoms with Gasteiger partial charge in [-0.15, -0.1) is 0 Å². The highest BCUT2D eigenvalue weighted by Crippen LogP contribution is 2.42. The van der Waals surface area contributed by atoms with Crippen molar-refractivity contribution in [2.45, 2.75) is 72.1 Å². The first kappa shape index (κ1) is 32.6. The normalized spacial score (nSPS) is 12.7. The van der Waals surface area contributed by atoms with Crippen molar-refractivity contribution in [1.29, 1.82) is 0 Å². The number of aliphatic hydroxyl groups is 1. The quantitative estimate of drug-likeness (QED) is 0.146. The minimum Gasteiger partial charge on any atom is -0.481 e. The standard InChI is InChI=1S/C36H40F2N2O4/c1-22(2)40-31(18-17-30(41)19-24(4)20-32(42)43)33(26-9-13-28(37)14-10-26)34(27-11-15-29(38)16-12-27)35(40)36(44)39-21-25-7-5-23(3)6-8-25/h5-16,22,24,30,41H,17-21H2,1-4H3,(H,39,44)(H,42,43)/t24-,30-/m0/s1. The molecule has 1 aromatic heterocycles. The Morgan fingerprint density at radius 3 is 1.91 bits per heavy atom. The van der Waals surface area contributed by atoms with Gasteiger partial charge in [-0.25, -0.2) is 8.78 Å². The van der Waals surface area contributed by atoms with E-state index < -0.39 is 23.7 Å². The molecular formula is C36H40F2N2O4. The number of halogens is 2. The van der Waals surface area contributed by atoms with E-state index in [1.807, 2.05) is 49.6 Å². The third-order valence-electron chi connectivity index (χ3n) is 7.79. The number of aryl methyl sites for hydroxylation is 1. The van der Waals surface area contributed by atoms with Crippen LogP contribution in [0.15, 0.2) is 72.8 Å². The Kier molecular flexibility index (Phi) is 10.7. The molecule has 0 aliphatic carbocycles. The lowest BCUT2D eigenvalue weighted by Gasteiger charge is -2.20. The fourth-order valence-electron chi connectivity index (χ4n) is 5.74. The molecule has 44 heavy (non-hydrogen) atoms. The van der Waals surface area contributed by atoms with Crippen molar-refractivity contribution in [3.63, 3.8) is 0 Å². The predicted molar refractivity (Wildman–Crippen MR) is 168 cm³/mol. The van der Waals surface area contributed by atoms with E-state index in [-0.39, 0.29) is 24.3 Å². The van der Waals surface area contributed by atoms with Gasteiger partial charge in [0.1, 0.15) is 17.3 Å². The minimum atomic E-state index is -0.915. The summed E-state index contributed by atoms with van der Waals surface area (Å²) >= 11 is 0. The second-order valence-electron chi connectivity index (χ2n) is 11.8. The molecule has 2 atom stereocenters. The number of aromatic nitrogens is 1. The fourth-order valence-corrected chi connectivity index (χ4v) is 5.74. The third-order valence-corrected chi connectivity index (χ3v) is 7.79. The monoisotopic (exact) mass is 602 g/mol. The van der Waals surface area contributed by atoms with Crippen LogP contribution >= 0.6 is 0 Å². The summed E-state index contributed by atoms with van der Waals surface area (Å²) in [5, 5.41) is 23.1. The maximum absolute atomic E-state index is 14.1. The summed E-state index contributed by atoms with van der Waals surface area (Å²) in [6, 6.07) is 19.7. The Hall–Kier alpha value is -4.30. The summed E-state index contributed by atoms with van der Waals surface area (Å²) in [6.45, 7) is 8.02. The average Bonchev–Trinajstić information content (AvgIpc) is 3.31. The van der Waals surface area contributed by atoms with E-state index in [4.69, 9.17) is 5.11 Å². The zero-order valence-electron chi connectivity index (χ0n) is 25.6. The Morgan fingerprint density at radius 2 is 1.39 bits per heavy atom. The SMILES string of the molecule is Cc1ccc(CNC(=O)c2c(-c3ccc(F)cc3)c(-c3ccc(F)cc3)c(CC[C@H](O)C[C@H](C)CC(=O)O)n2C(C)C)cc1. The summed E-state index contributed by atoms with van der Waals surface area (Å²) < 4.78 is 30.1. The van der Waals surface area contributed by atoms with Gasteiger partial charge in [-0.05, 0) is 86.9 Å². The number of nitrogens with one attached hydrogen (secondary N) is 1. The maximum Gasteiger partial charge on any atom is 0.303 e. The van der Waals surface area contributed by atoms with Gasteiger partial charge in [-0.3, -0.25) is 9.59 Å². The van der Waals surface area contributed by atoms with Gasteiger partial charge in [0.05, 0.1) is 6.10 Å². The van der Waals surface area contributed by atoms with Gasteiger partial charge >= 0.3 is 5.97 Å². The predicted octanol–water partition coefficient (Wildman–Crippen LogP) is 7.71. The number of hydrogen-bond donors (Lipinski definition) is 3. The van der Waals surface area contributed by atoms with Crippen molar-refractivity contribution in [3.8, 4) is 22.3 Å². The Labute approximate surface area is 257 Å². The van der Waals surface area contributed by atoms with E-state index in [0.29, 0.717) is 53.8 Å². The fraction of sp³-hybridized carbons (Fsp3) is 0.333. The number of hydrogen-bond acceptors (Lipinski definition) is 3. The van der Waals surface area contributed by atoms with Crippen molar-refractivity contribution in [1.82, 2.24) is 9.88 Å². The van der Waals surface area contributed by atoms with Gasteiger partial charge in [0.15, 0.2) is 0 Å². The van der Waals surface area contributed by atoms with E-state index in [0.717, 1.165) is 16.8 Å². The summed E-state index contributed by atoms with van der Waals surface area (Å²) in [6.07, 6.45) is 0.192. The van der Waals surface area contributed by atoms with E-state index in [1.165, 1.54) is 24.3 Å². The number of aliphatic carboxylic acids is 1. The molecular weight excluding hydrogens is 562 g/mol. The summed E-state index contributed by atoms with van der Waals surface area (Å²) in [5.74, 6) is -2.26. The van der Waals surface area contributed by atoms with Crippen LogP contribution in [0.25, 0.3) is 22.3 Å². The highest BCUT2D eigenvalue weighted by molar-refractivity contribution is 6.05. The topological polar surface area (TPSA) is 91.6 Å². The largest absolute Gasteiger partial charge is 0.481 e. The van der Waals surface area contributed by atoms with Crippen LogP contribution in [0.3, 0.4) is 0 Å². The van der Waals surface area contributed by atoms with E-state index in [1.54, 1.807) is 31.2 Å². The van der Waals surface area contributed by atoms with Crippen LogP contribution in [0.5, 0.6) is 0 Å². The number of aliphatic hydroxyl groups excluding tert-OH is 1. The summed E-state index contributed by atoms with van der Waals surface area (Å²) in [4.78, 5) is 25.3. The first-order valence-electron chi connectivity index (χ1n) is 15.0. The van der Waals surface area contributed by atoms with Crippen LogP contribution in [-0.2, 0) is 17.8 Å². The highest BCUT2D eigenvalue weighted by atomic mass is 19.1. The molecule has 1 heterocycles. The summed E-state index contributed by atoms with van der Waals surface area (Å²) in [7, 11) is 0. The van der Waals surface area contributed by atoms with Crippen LogP contribution < -0.4 is 5.32 Å². The molecule has 0 unspecified atom stereocenters. The van der Waals surface area contributed by atoms with Crippen molar-refractivity contribution in [2.75, 3.05) is 0 Å². The molecule has 0 bridgehead atoms. The van der Waals surface area contributed by atoms with Gasteiger partial charge in [0, 0.05) is 35.8 Å². The molecule has 0 saturated carbocycles. The number of carbonyl (C=O) groups is 2. The van der Waals surface area contributed by atoms with Crippen LogP contribution in [0.2, 0.25) is 0 Å². The molecule has 0 spiro atoms. The average molecular weight is 603 g/mol. The molecule has 4 rings (SSSR count). The lowest BCUT2D eigenvalue weighted by molar-refractivity contribution is -0.138. The van der Waals surface area contributed by atoms with Gasteiger partial charge in [-0.1, -0.05) is 61.0 Å². The van der Waals surface area contributed by atoms with Gasteiger partial charge < -0.3 is 20.1 Å². The number of carbonyl (C=O) groups excluding carboxylic acids is 1. The van der Waals surface area contributed by atoms with Gasteiger partial charge in [-0.2, -0.15) is 0 Å². The second kappa shape index (κ2) is 14.4. The number of benzene rings is 3. The van der Waals surface area contributed by atoms with Crippen molar-refractivity contribution < 1.29 is 28.6 Å². The lowest BCUT2D eigenvalue weighted by atomic mass is 9.92. The molecule has 3 N–H and O–H groups in total. The smallest absolute Gasteiger partial charge is 0.303 e. The van der Waals surface area contributed by atoms with Gasteiger partial charge in [0.2, 0.25) is 0 Å². The molecule has 8 heteroatoms. The number of carboxylic acids is 1. The Morgan fingerprint density at radius 1 is 0.841 bits per heavy atom. The number of rotatable bonds is 13. The Bertz CT molecular complexity index is 1580. The number of carboxylic acid groups (broad SMARTS) is 1. The zero-order valence-corrected chi connectivity index (χ0v) is 25.6. The molecule has 3 aromatic carbocycles. The molecule has 0 aliphatic heterocycles. The number of nitrogens with zero attached hydrogens (tertiary/aromatic N) is 1. The molecule has 0 fully saturated rings. The van der Waals surface area contributed by atoms with Crippen molar-refractivity contribution in [3.05, 3.63) is 107 Å². The molecule has 0 saturated heterocycles. The minimum absolute atomic E-state index is 0.0414. The Balaban J connectivity index is 1.86. The molecule has 1 amide bonds. The number of amides is 1. The van der Waals surface area contributed by atoms with E-state index in [2.05, 4.69) is 5.32 Å². The second-order valence-corrected chi connectivity index (χ2v) is 11.8. The van der Waals surface area contributed by atoms with Crippen LogP contribution in [0.4, 0.5) is 8.78 Å². The van der Waals surface area contributed by atoms with E-state index >= 15 is 0 Å². The molecule has 232 valence electrons. The highest BCUT2D eigenvalue weighted by Gasteiger charge is 2.30. The maximum atomic E-state index is 14.1. The first-order chi connectivity index (χ1) is 20.9.